The number of hydrogen-bond acceptors (Lipinski definition) is 5. The number of amides is 2. The topological polar surface area (TPSA) is 84.7 Å². The van der Waals surface area contributed by atoms with Gasteiger partial charge in [0, 0.05) is 31.7 Å². The Hall–Kier alpha value is -2.74. The summed E-state index contributed by atoms with van der Waals surface area (Å²) in [5.74, 6) is -0.372. The molecule has 1 aliphatic heterocycles. The second-order valence-electron chi connectivity index (χ2n) is 6.66. The van der Waals surface area contributed by atoms with Crippen molar-refractivity contribution in [3.63, 3.8) is 0 Å². The summed E-state index contributed by atoms with van der Waals surface area (Å²) in [6.45, 7) is 4.50. The highest BCUT2D eigenvalue weighted by molar-refractivity contribution is 5.94. The first-order valence-corrected chi connectivity index (χ1v) is 8.73. The predicted octanol–water partition coefficient (Wildman–Crippen LogP) is 2.09. The second-order valence-corrected chi connectivity index (χ2v) is 6.66. The van der Waals surface area contributed by atoms with Gasteiger partial charge in [0.25, 0.3) is 11.8 Å². The molecular formula is C19H22FN3O4. The number of rotatable bonds is 5. The van der Waals surface area contributed by atoms with Crippen LogP contribution in [0.4, 0.5) is 4.39 Å². The fourth-order valence-electron chi connectivity index (χ4n) is 3.01. The van der Waals surface area contributed by atoms with Gasteiger partial charge in [-0.05, 0) is 37.6 Å². The number of nitrogens with zero attached hydrogens (tertiary/aromatic N) is 2. The molecule has 1 aliphatic rings. The van der Waals surface area contributed by atoms with Gasteiger partial charge in [0.05, 0.1) is 13.2 Å². The van der Waals surface area contributed by atoms with E-state index < -0.39 is 5.91 Å². The van der Waals surface area contributed by atoms with Gasteiger partial charge in [0.15, 0.2) is 0 Å². The zero-order valence-corrected chi connectivity index (χ0v) is 15.5. The molecule has 0 unspecified atom stereocenters. The van der Waals surface area contributed by atoms with Crippen LogP contribution in [-0.2, 0) is 17.7 Å². The van der Waals surface area contributed by atoms with Crippen molar-refractivity contribution in [2.45, 2.75) is 32.9 Å². The van der Waals surface area contributed by atoms with Crippen molar-refractivity contribution in [2.24, 2.45) is 0 Å². The lowest BCUT2D eigenvalue weighted by atomic mass is 10.1. The highest BCUT2D eigenvalue weighted by atomic mass is 19.1. The molecule has 0 saturated carbocycles. The smallest absolute Gasteiger partial charge is 0.307 e. The maximum absolute atomic E-state index is 13.4. The molecule has 27 heavy (non-hydrogen) atoms. The molecule has 1 atom stereocenters. The van der Waals surface area contributed by atoms with E-state index in [1.165, 1.54) is 18.2 Å². The van der Waals surface area contributed by atoms with Gasteiger partial charge in [-0.25, -0.2) is 9.37 Å². The largest absolute Gasteiger partial charge is 0.437 e. The van der Waals surface area contributed by atoms with Crippen molar-refractivity contribution in [1.82, 2.24) is 15.2 Å². The van der Waals surface area contributed by atoms with Crippen LogP contribution in [0.2, 0.25) is 0 Å². The van der Waals surface area contributed by atoms with Crippen molar-refractivity contribution < 1.29 is 23.1 Å². The van der Waals surface area contributed by atoms with Crippen LogP contribution in [0.25, 0.3) is 0 Å². The molecular weight excluding hydrogens is 353 g/mol. The number of carbonyl (C=O) groups excluding carboxylic acids is 2. The van der Waals surface area contributed by atoms with Crippen molar-refractivity contribution in [2.75, 3.05) is 20.3 Å². The maximum Gasteiger partial charge on any atom is 0.307 e. The van der Waals surface area contributed by atoms with E-state index in [2.05, 4.69) is 10.3 Å². The highest BCUT2D eigenvalue weighted by Gasteiger charge is 2.28. The Kier molecular flexibility index (Phi) is 5.55. The van der Waals surface area contributed by atoms with Gasteiger partial charge in [-0.1, -0.05) is 0 Å². The molecule has 8 heteroatoms. The van der Waals surface area contributed by atoms with E-state index in [4.69, 9.17) is 9.15 Å². The number of ether oxygens (including phenoxy) is 1. The highest BCUT2D eigenvalue weighted by Crippen LogP contribution is 2.22. The number of benzene rings is 1. The summed E-state index contributed by atoms with van der Waals surface area (Å²) in [5, 5.41) is 2.74. The molecule has 1 aromatic heterocycles. The Morgan fingerprint density at radius 2 is 2.22 bits per heavy atom. The molecule has 2 aromatic rings. The molecule has 2 heterocycles. The molecule has 3 rings (SSSR count). The lowest BCUT2D eigenvalue weighted by Gasteiger charge is -2.25. The molecule has 0 aliphatic carbocycles. The number of aromatic nitrogens is 1. The minimum Gasteiger partial charge on any atom is -0.437 e. The van der Waals surface area contributed by atoms with Crippen molar-refractivity contribution in [1.29, 1.82) is 0 Å². The fraction of sp³-hybridized carbons (Fsp3) is 0.421. The van der Waals surface area contributed by atoms with Gasteiger partial charge in [-0.2, -0.15) is 0 Å². The molecule has 0 bridgehead atoms. The Labute approximate surface area is 156 Å². The van der Waals surface area contributed by atoms with Crippen LogP contribution < -0.4 is 5.32 Å². The SMILES string of the molecule is COC[C@H](C)NC(=O)c1nc2c(o1)CCN(C(=O)c1ccc(F)c(C)c1)C2. The second kappa shape index (κ2) is 7.87. The molecule has 0 spiro atoms. The van der Waals surface area contributed by atoms with E-state index in [1.54, 1.807) is 18.9 Å². The average Bonchev–Trinajstić information content (AvgIpc) is 3.07. The van der Waals surface area contributed by atoms with Crippen molar-refractivity contribution in [3.05, 3.63) is 52.5 Å². The summed E-state index contributed by atoms with van der Waals surface area (Å²) >= 11 is 0. The monoisotopic (exact) mass is 375 g/mol. The Bertz CT molecular complexity index is 865. The number of nitrogens with one attached hydrogen (secondary N) is 1. The van der Waals surface area contributed by atoms with Crippen LogP contribution in [0, 0.1) is 12.7 Å². The standard InChI is InChI=1S/C19H22FN3O4/c1-11-8-13(4-5-14(11)20)19(25)23-7-6-16-15(9-23)22-18(27-16)17(24)21-12(2)10-26-3/h4-5,8,12H,6-7,9-10H2,1-3H3,(H,21,24)/t12-/m0/s1. The van der Waals surface area contributed by atoms with Crippen molar-refractivity contribution >= 4 is 11.8 Å². The zero-order valence-electron chi connectivity index (χ0n) is 15.5. The Morgan fingerprint density at radius 3 is 2.93 bits per heavy atom. The van der Waals surface area contributed by atoms with E-state index in [0.29, 0.717) is 42.2 Å². The first-order valence-electron chi connectivity index (χ1n) is 8.73. The van der Waals surface area contributed by atoms with E-state index in [-0.39, 0.29) is 30.2 Å². The van der Waals surface area contributed by atoms with Gasteiger partial charge >= 0.3 is 5.91 Å². The average molecular weight is 375 g/mol. The number of oxazole rings is 1. The number of hydrogen-bond donors (Lipinski definition) is 1. The van der Waals surface area contributed by atoms with Crippen LogP contribution >= 0.6 is 0 Å². The van der Waals surface area contributed by atoms with Gasteiger partial charge in [0.1, 0.15) is 17.3 Å². The molecule has 144 valence electrons. The molecule has 1 aromatic carbocycles. The molecule has 7 nitrogen and oxygen atoms in total. The van der Waals surface area contributed by atoms with Crippen LogP contribution in [-0.4, -0.2) is 48.0 Å². The molecule has 1 N–H and O–H groups in total. The van der Waals surface area contributed by atoms with E-state index in [9.17, 15) is 14.0 Å². The summed E-state index contributed by atoms with van der Waals surface area (Å²) in [7, 11) is 1.56. The van der Waals surface area contributed by atoms with Gasteiger partial charge in [-0.15, -0.1) is 0 Å². The Balaban J connectivity index is 1.71. The minimum absolute atomic E-state index is 0.0186. The Morgan fingerprint density at radius 1 is 1.44 bits per heavy atom. The molecule has 0 fully saturated rings. The molecule has 0 saturated heterocycles. The summed E-state index contributed by atoms with van der Waals surface area (Å²) in [5.41, 5.74) is 1.41. The quantitative estimate of drug-likeness (QED) is 0.865. The van der Waals surface area contributed by atoms with Crippen molar-refractivity contribution in [3.8, 4) is 0 Å². The van der Waals surface area contributed by atoms with Crippen LogP contribution in [0.1, 0.15) is 45.0 Å². The first kappa shape index (κ1) is 19.0. The third-order valence-electron chi connectivity index (χ3n) is 4.41. The minimum atomic E-state index is -0.416. The van der Waals surface area contributed by atoms with E-state index in [1.807, 2.05) is 6.92 Å². The molecule has 0 radical (unpaired) electrons. The fourth-order valence-corrected chi connectivity index (χ4v) is 3.01. The van der Waals surface area contributed by atoms with Gasteiger partial charge in [0.2, 0.25) is 0 Å². The summed E-state index contributed by atoms with van der Waals surface area (Å²) in [6.07, 6.45) is 0.467. The number of fused-ring (bicyclic) bond motifs is 1. The normalized spacial score (nSPS) is 14.6. The third-order valence-corrected chi connectivity index (χ3v) is 4.41. The van der Waals surface area contributed by atoms with Crippen LogP contribution in [0.3, 0.4) is 0 Å². The van der Waals surface area contributed by atoms with Gasteiger partial charge in [-0.3, -0.25) is 9.59 Å². The summed E-state index contributed by atoms with van der Waals surface area (Å²) in [4.78, 5) is 30.8. The third kappa shape index (κ3) is 4.16. The number of carbonyl (C=O) groups is 2. The zero-order chi connectivity index (χ0) is 19.6. The van der Waals surface area contributed by atoms with E-state index >= 15 is 0 Å². The van der Waals surface area contributed by atoms with E-state index in [0.717, 1.165) is 0 Å². The van der Waals surface area contributed by atoms with Crippen LogP contribution in [0.15, 0.2) is 22.6 Å². The van der Waals surface area contributed by atoms with Crippen LogP contribution in [0.5, 0.6) is 0 Å². The lowest BCUT2D eigenvalue weighted by Crippen LogP contribution is -2.36. The number of halogens is 1. The number of methoxy groups -OCH3 is 1. The molecule has 2 amide bonds. The van der Waals surface area contributed by atoms with Gasteiger partial charge < -0.3 is 19.4 Å². The predicted molar refractivity (Wildman–Crippen MR) is 94.9 cm³/mol. The number of aryl methyl sites for hydroxylation is 1. The first-order chi connectivity index (χ1) is 12.9. The lowest BCUT2D eigenvalue weighted by molar-refractivity contribution is 0.0726. The summed E-state index contributed by atoms with van der Waals surface area (Å²) < 4.78 is 24.0. The maximum atomic E-state index is 13.4. The summed E-state index contributed by atoms with van der Waals surface area (Å²) in [6, 6.07) is 4.12.